The third kappa shape index (κ3) is 3.26. The molecule has 2 heterocycles. The van der Waals surface area contributed by atoms with Gasteiger partial charge in [0.15, 0.2) is 5.82 Å². The largest absolute Gasteiger partial charge is 0.353 e. The summed E-state index contributed by atoms with van der Waals surface area (Å²) < 4.78 is 0. The summed E-state index contributed by atoms with van der Waals surface area (Å²) in [7, 11) is 0. The molecule has 0 amide bonds. The van der Waals surface area contributed by atoms with Crippen molar-refractivity contribution in [1.82, 2.24) is 14.9 Å². The van der Waals surface area contributed by atoms with Crippen LogP contribution in [-0.2, 0) is 0 Å². The van der Waals surface area contributed by atoms with Crippen LogP contribution in [0.5, 0.6) is 0 Å². The SMILES string of the molecule is CCC(C)N1CCN(c2nc(NN)ncc2Cl)CC1. The zero-order chi connectivity index (χ0) is 13.8. The Labute approximate surface area is 118 Å². The maximum atomic E-state index is 6.16. The van der Waals surface area contributed by atoms with E-state index in [0.717, 1.165) is 32.0 Å². The van der Waals surface area contributed by atoms with Crippen molar-refractivity contribution in [3.63, 3.8) is 0 Å². The molecule has 0 saturated carbocycles. The topological polar surface area (TPSA) is 70.3 Å². The normalized spacial score (nSPS) is 18.4. The van der Waals surface area contributed by atoms with Crippen LogP contribution in [0.15, 0.2) is 6.20 Å². The molecule has 0 bridgehead atoms. The van der Waals surface area contributed by atoms with E-state index in [1.807, 2.05) is 0 Å². The van der Waals surface area contributed by atoms with E-state index >= 15 is 0 Å². The van der Waals surface area contributed by atoms with Crippen LogP contribution < -0.4 is 16.2 Å². The standard InChI is InChI=1S/C12H21ClN6/c1-3-9(2)18-4-6-19(7-5-18)11-10(13)8-15-12(16-11)17-14/h8-9H,3-7,14H2,1-2H3,(H,15,16,17). The number of nitrogens with two attached hydrogens (primary N) is 1. The fourth-order valence-corrected chi connectivity index (χ4v) is 2.49. The van der Waals surface area contributed by atoms with Crippen LogP contribution in [0.4, 0.5) is 11.8 Å². The molecule has 1 unspecified atom stereocenters. The number of hydrogen-bond acceptors (Lipinski definition) is 6. The molecule has 1 aliphatic heterocycles. The smallest absolute Gasteiger partial charge is 0.239 e. The second kappa shape index (κ2) is 6.36. The molecule has 0 spiro atoms. The summed E-state index contributed by atoms with van der Waals surface area (Å²) in [4.78, 5) is 13.0. The number of hydrogen-bond donors (Lipinski definition) is 2. The summed E-state index contributed by atoms with van der Waals surface area (Å²) in [6.45, 7) is 8.39. The number of anilines is 2. The third-order valence-electron chi connectivity index (χ3n) is 3.68. The molecule has 0 radical (unpaired) electrons. The molecule has 1 fully saturated rings. The van der Waals surface area contributed by atoms with E-state index in [4.69, 9.17) is 17.4 Å². The number of halogens is 1. The Morgan fingerprint density at radius 3 is 2.68 bits per heavy atom. The van der Waals surface area contributed by atoms with Crippen molar-refractivity contribution in [3.8, 4) is 0 Å². The number of nitrogen functional groups attached to an aromatic ring is 1. The second-order valence-corrected chi connectivity index (χ2v) is 5.20. The number of nitrogens with one attached hydrogen (secondary N) is 1. The van der Waals surface area contributed by atoms with Gasteiger partial charge in [-0.1, -0.05) is 18.5 Å². The highest BCUT2D eigenvalue weighted by atomic mass is 35.5. The van der Waals surface area contributed by atoms with Crippen LogP contribution in [0.2, 0.25) is 5.02 Å². The first-order valence-electron chi connectivity index (χ1n) is 6.63. The van der Waals surface area contributed by atoms with Crippen molar-refractivity contribution in [2.45, 2.75) is 26.3 Å². The van der Waals surface area contributed by atoms with Gasteiger partial charge in [0.05, 0.1) is 6.20 Å². The van der Waals surface area contributed by atoms with Crippen LogP contribution in [0, 0.1) is 0 Å². The first-order chi connectivity index (χ1) is 9.15. The van der Waals surface area contributed by atoms with Gasteiger partial charge in [-0.2, -0.15) is 4.98 Å². The number of nitrogens with zero attached hydrogens (tertiary/aromatic N) is 4. The maximum Gasteiger partial charge on any atom is 0.239 e. The van der Waals surface area contributed by atoms with Crippen molar-refractivity contribution >= 4 is 23.4 Å². The highest BCUT2D eigenvalue weighted by Crippen LogP contribution is 2.25. The van der Waals surface area contributed by atoms with Crippen molar-refractivity contribution < 1.29 is 0 Å². The lowest BCUT2D eigenvalue weighted by molar-refractivity contribution is 0.192. The predicted molar refractivity (Wildman–Crippen MR) is 78.4 cm³/mol. The predicted octanol–water partition coefficient (Wildman–Crippen LogP) is 1.34. The quantitative estimate of drug-likeness (QED) is 0.642. The summed E-state index contributed by atoms with van der Waals surface area (Å²) in [5.74, 6) is 6.48. The van der Waals surface area contributed by atoms with Crippen molar-refractivity contribution in [3.05, 3.63) is 11.2 Å². The molecule has 2 rings (SSSR count). The van der Waals surface area contributed by atoms with Gasteiger partial charge in [0.1, 0.15) is 5.02 Å². The molecule has 19 heavy (non-hydrogen) atoms. The van der Waals surface area contributed by atoms with Gasteiger partial charge in [0.2, 0.25) is 5.95 Å². The minimum Gasteiger partial charge on any atom is -0.353 e. The van der Waals surface area contributed by atoms with Gasteiger partial charge in [-0.15, -0.1) is 0 Å². The van der Waals surface area contributed by atoms with E-state index in [1.165, 1.54) is 6.42 Å². The molecule has 1 aromatic heterocycles. The Morgan fingerprint density at radius 1 is 1.42 bits per heavy atom. The van der Waals surface area contributed by atoms with Gasteiger partial charge in [-0.05, 0) is 13.3 Å². The Bertz CT molecular complexity index is 419. The van der Waals surface area contributed by atoms with Crippen LogP contribution in [0.25, 0.3) is 0 Å². The Balaban J connectivity index is 2.05. The van der Waals surface area contributed by atoms with Gasteiger partial charge in [0, 0.05) is 32.2 Å². The van der Waals surface area contributed by atoms with Gasteiger partial charge in [0.25, 0.3) is 0 Å². The summed E-state index contributed by atoms with van der Waals surface area (Å²) in [5.41, 5.74) is 2.45. The lowest BCUT2D eigenvalue weighted by Gasteiger charge is -2.38. The van der Waals surface area contributed by atoms with Gasteiger partial charge >= 0.3 is 0 Å². The van der Waals surface area contributed by atoms with Crippen LogP contribution in [0.3, 0.4) is 0 Å². The molecule has 7 heteroatoms. The average Bonchev–Trinajstić information content (AvgIpc) is 2.47. The van der Waals surface area contributed by atoms with E-state index in [1.54, 1.807) is 6.20 Å². The monoisotopic (exact) mass is 284 g/mol. The minimum absolute atomic E-state index is 0.392. The van der Waals surface area contributed by atoms with E-state index in [-0.39, 0.29) is 0 Å². The Hall–Kier alpha value is -1.11. The van der Waals surface area contributed by atoms with E-state index < -0.39 is 0 Å². The molecular weight excluding hydrogens is 264 g/mol. The number of piperazine rings is 1. The lowest BCUT2D eigenvalue weighted by Crippen LogP contribution is -2.49. The molecule has 1 aliphatic rings. The summed E-state index contributed by atoms with van der Waals surface area (Å²) in [5, 5.41) is 0.566. The van der Waals surface area contributed by atoms with E-state index in [2.05, 4.69) is 39.0 Å². The minimum atomic E-state index is 0.392. The molecule has 1 aromatic rings. The number of aromatic nitrogens is 2. The van der Waals surface area contributed by atoms with Gasteiger partial charge < -0.3 is 4.90 Å². The summed E-state index contributed by atoms with van der Waals surface area (Å²) in [6.07, 6.45) is 2.76. The van der Waals surface area contributed by atoms with Crippen LogP contribution >= 0.6 is 11.6 Å². The first kappa shape index (κ1) is 14.3. The fraction of sp³-hybridized carbons (Fsp3) is 0.667. The molecule has 1 atom stereocenters. The number of hydrazine groups is 1. The maximum absolute atomic E-state index is 6.16. The first-order valence-corrected chi connectivity index (χ1v) is 7.01. The highest BCUT2D eigenvalue weighted by Gasteiger charge is 2.22. The molecular formula is C12H21ClN6. The van der Waals surface area contributed by atoms with Crippen molar-refractivity contribution in [2.75, 3.05) is 36.5 Å². The van der Waals surface area contributed by atoms with E-state index in [9.17, 15) is 0 Å². The lowest BCUT2D eigenvalue weighted by atomic mass is 10.2. The fourth-order valence-electron chi connectivity index (χ4n) is 2.28. The van der Waals surface area contributed by atoms with Crippen molar-refractivity contribution in [2.24, 2.45) is 5.84 Å². The molecule has 6 nitrogen and oxygen atoms in total. The highest BCUT2D eigenvalue weighted by molar-refractivity contribution is 6.32. The second-order valence-electron chi connectivity index (χ2n) is 4.79. The van der Waals surface area contributed by atoms with E-state index in [0.29, 0.717) is 17.0 Å². The van der Waals surface area contributed by atoms with Crippen LogP contribution in [-0.4, -0.2) is 47.1 Å². The van der Waals surface area contributed by atoms with Crippen molar-refractivity contribution in [1.29, 1.82) is 0 Å². The number of rotatable bonds is 4. The van der Waals surface area contributed by atoms with Gasteiger partial charge in [-0.25, -0.2) is 10.8 Å². The summed E-state index contributed by atoms with van der Waals surface area (Å²) in [6, 6.07) is 0.629. The average molecular weight is 285 g/mol. The third-order valence-corrected chi connectivity index (χ3v) is 3.95. The summed E-state index contributed by atoms with van der Waals surface area (Å²) >= 11 is 6.16. The molecule has 106 valence electrons. The molecule has 0 aromatic carbocycles. The Kier molecular flexibility index (Phi) is 4.79. The molecule has 1 saturated heterocycles. The zero-order valence-corrected chi connectivity index (χ0v) is 12.2. The molecule has 3 N–H and O–H groups in total. The zero-order valence-electron chi connectivity index (χ0n) is 11.4. The molecule has 0 aliphatic carbocycles. The Morgan fingerprint density at radius 2 is 2.11 bits per heavy atom. The van der Waals surface area contributed by atoms with Crippen LogP contribution in [0.1, 0.15) is 20.3 Å². The van der Waals surface area contributed by atoms with Gasteiger partial charge in [-0.3, -0.25) is 10.3 Å².